The Morgan fingerprint density at radius 2 is 2.18 bits per heavy atom. The predicted octanol–water partition coefficient (Wildman–Crippen LogP) is 2.71. The molecule has 0 saturated carbocycles. The van der Waals surface area contributed by atoms with Crippen molar-refractivity contribution in [1.29, 1.82) is 0 Å². The molecule has 22 heavy (non-hydrogen) atoms. The first kappa shape index (κ1) is 16.7. The SMILES string of the molecule is COc1cccc(CS(=O)C(C)C(=O)NCc2cccs2)c1. The highest BCUT2D eigenvalue weighted by atomic mass is 32.2. The molecule has 1 amide bonds. The van der Waals surface area contributed by atoms with E-state index in [1.54, 1.807) is 25.4 Å². The molecule has 1 N–H and O–H groups in total. The number of amides is 1. The minimum atomic E-state index is -1.27. The molecule has 1 heterocycles. The third kappa shape index (κ3) is 4.68. The molecule has 2 aromatic rings. The van der Waals surface area contributed by atoms with Gasteiger partial charge < -0.3 is 10.1 Å². The predicted molar refractivity (Wildman–Crippen MR) is 90.5 cm³/mol. The van der Waals surface area contributed by atoms with E-state index in [9.17, 15) is 9.00 Å². The van der Waals surface area contributed by atoms with E-state index in [0.717, 1.165) is 16.2 Å². The van der Waals surface area contributed by atoms with Gasteiger partial charge in [0.2, 0.25) is 5.91 Å². The van der Waals surface area contributed by atoms with Gasteiger partial charge in [-0.15, -0.1) is 11.3 Å². The normalized spacial score (nSPS) is 13.4. The molecular weight excluding hydrogens is 318 g/mol. The summed E-state index contributed by atoms with van der Waals surface area (Å²) in [6.07, 6.45) is 0. The number of methoxy groups -OCH3 is 1. The fourth-order valence-electron chi connectivity index (χ4n) is 1.90. The summed E-state index contributed by atoms with van der Waals surface area (Å²) in [6, 6.07) is 11.3. The third-order valence-electron chi connectivity index (χ3n) is 3.22. The lowest BCUT2D eigenvalue weighted by Gasteiger charge is -2.12. The van der Waals surface area contributed by atoms with Crippen molar-refractivity contribution < 1.29 is 13.7 Å². The quantitative estimate of drug-likeness (QED) is 0.845. The number of carbonyl (C=O) groups is 1. The molecule has 1 aromatic carbocycles. The second kappa shape index (κ2) is 8.10. The van der Waals surface area contributed by atoms with Gasteiger partial charge in [0.25, 0.3) is 0 Å². The van der Waals surface area contributed by atoms with Crippen molar-refractivity contribution in [3.63, 3.8) is 0 Å². The van der Waals surface area contributed by atoms with E-state index < -0.39 is 16.0 Å². The van der Waals surface area contributed by atoms with Crippen molar-refractivity contribution in [3.05, 3.63) is 52.2 Å². The molecular formula is C16H19NO3S2. The van der Waals surface area contributed by atoms with E-state index in [1.165, 1.54) is 0 Å². The molecule has 2 unspecified atom stereocenters. The van der Waals surface area contributed by atoms with Crippen LogP contribution in [0.1, 0.15) is 17.4 Å². The Hall–Kier alpha value is -1.66. The van der Waals surface area contributed by atoms with E-state index >= 15 is 0 Å². The van der Waals surface area contributed by atoms with Gasteiger partial charge in [-0.25, -0.2) is 0 Å². The summed E-state index contributed by atoms with van der Waals surface area (Å²) in [5.41, 5.74) is 0.899. The van der Waals surface area contributed by atoms with Gasteiger partial charge in [0.1, 0.15) is 11.0 Å². The number of carbonyl (C=O) groups excluding carboxylic acids is 1. The van der Waals surface area contributed by atoms with Crippen LogP contribution in [0.5, 0.6) is 5.75 Å². The zero-order valence-electron chi connectivity index (χ0n) is 12.6. The maximum Gasteiger partial charge on any atom is 0.235 e. The molecule has 2 rings (SSSR count). The van der Waals surface area contributed by atoms with Crippen molar-refractivity contribution in [3.8, 4) is 5.75 Å². The second-order valence-electron chi connectivity index (χ2n) is 4.82. The van der Waals surface area contributed by atoms with Crippen molar-refractivity contribution in [2.24, 2.45) is 0 Å². The fourth-order valence-corrected chi connectivity index (χ4v) is 3.63. The second-order valence-corrected chi connectivity index (χ2v) is 7.61. The zero-order valence-corrected chi connectivity index (χ0v) is 14.2. The maximum absolute atomic E-state index is 12.3. The molecule has 0 aliphatic carbocycles. The van der Waals surface area contributed by atoms with E-state index in [2.05, 4.69) is 5.32 Å². The van der Waals surface area contributed by atoms with E-state index in [4.69, 9.17) is 4.74 Å². The Labute approximate surface area is 137 Å². The molecule has 1 aromatic heterocycles. The highest BCUT2D eigenvalue weighted by molar-refractivity contribution is 7.85. The number of benzene rings is 1. The maximum atomic E-state index is 12.3. The summed E-state index contributed by atoms with van der Waals surface area (Å²) in [5.74, 6) is 0.879. The van der Waals surface area contributed by atoms with Gasteiger partial charge in [-0.3, -0.25) is 9.00 Å². The van der Waals surface area contributed by atoms with Gasteiger partial charge in [-0.05, 0) is 36.1 Å². The molecule has 118 valence electrons. The minimum Gasteiger partial charge on any atom is -0.497 e. The number of rotatable bonds is 7. The number of hydrogen-bond acceptors (Lipinski definition) is 4. The van der Waals surface area contributed by atoms with Gasteiger partial charge in [0.05, 0.1) is 13.7 Å². The molecule has 0 saturated heterocycles. The number of thiophene rings is 1. The molecule has 0 aliphatic heterocycles. The Balaban J connectivity index is 1.89. The van der Waals surface area contributed by atoms with Gasteiger partial charge in [0, 0.05) is 21.4 Å². The molecule has 6 heteroatoms. The van der Waals surface area contributed by atoms with Gasteiger partial charge in [0.15, 0.2) is 0 Å². The van der Waals surface area contributed by atoms with Crippen LogP contribution < -0.4 is 10.1 Å². The Kier molecular flexibility index (Phi) is 6.15. The fraction of sp³-hybridized carbons (Fsp3) is 0.312. The average molecular weight is 337 g/mol. The summed E-state index contributed by atoms with van der Waals surface area (Å²) >= 11 is 1.59. The highest BCUT2D eigenvalue weighted by Gasteiger charge is 2.20. The monoisotopic (exact) mass is 337 g/mol. The van der Waals surface area contributed by atoms with Crippen LogP contribution in [0.25, 0.3) is 0 Å². The Morgan fingerprint density at radius 1 is 1.36 bits per heavy atom. The van der Waals surface area contributed by atoms with E-state index in [-0.39, 0.29) is 5.91 Å². The topological polar surface area (TPSA) is 55.4 Å². The molecule has 0 radical (unpaired) electrons. The first-order valence-corrected chi connectivity index (χ1v) is 9.16. The molecule has 0 bridgehead atoms. The van der Waals surface area contributed by atoms with Gasteiger partial charge in [-0.1, -0.05) is 18.2 Å². The average Bonchev–Trinajstić information content (AvgIpc) is 3.05. The van der Waals surface area contributed by atoms with Crippen molar-refractivity contribution >= 4 is 28.0 Å². The summed E-state index contributed by atoms with van der Waals surface area (Å²) in [7, 11) is 0.325. The van der Waals surface area contributed by atoms with Crippen LogP contribution in [0, 0.1) is 0 Å². The summed E-state index contributed by atoms with van der Waals surface area (Å²) in [6.45, 7) is 2.18. The lowest BCUT2D eigenvalue weighted by Crippen LogP contribution is -2.35. The van der Waals surface area contributed by atoms with Crippen LogP contribution in [0.4, 0.5) is 0 Å². The molecule has 0 fully saturated rings. The number of nitrogens with one attached hydrogen (secondary N) is 1. The smallest absolute Gasteiger partial charge is 0.235 e. The lowest BCUT2D eigenvalue weighted by atomic mass is 10.2. The van der Waals surface area contributed by atoms with Crippen LogP contribution in [0.2, 0.25) is 0 Å². The van der Waals surface area contributed by atoms with Gasteiger partial charge in [-0.2, -0.15) is 0 Å². The third-order valence-corrected chi connectivity index (χ3v) is 5.72. The Bertz CT molecular complexity index is 641. The summed E-state index contributed by atoms with van der Waals surface area (Å²) < 4.78 is 17.5. The Morgan fingerprint density at radius 3 is 2.86 bits per heavy atom. The standard InChI is InChI=1S/C16H19NO3S2/c1-12(16(18)17-10-15-7-4-8-21-15)22(19)11-13-5-3-6-14(9-13)20-2/h3-9,12H,10-11H2,1-2H3,(H,17,18). The minimum absolute atomic E-state index is 0.186. The highest BCUT2D eigenvalue weighted by Crippen LogP contribution is 2.15. The summed E-state index contributed by atoms with van der Waals surface area (Å²) in [5, 5.41) is 4.24. The van der Waals surface area contributed by atoms with Crippen molar-refractivity contribution in [2.45, 2.75) is 24.5 Å². The van der Waals surface area contributed by atoms with Crippen LogP contribution in [-0.2, 0) is 27.9 Å². The number of hydrogen-bond donors (Lipinski definition) is 1. The van der Waals surface area contributed by atoms with Crippen molar-refractivity contribution in [1.82, 2.24) is 5.32 Å². The van der Waals surface area contributed by atoms with Crippen LogP contribution in [-0.4, -0.2) is 22.5 Å². The van der Waals surface area contributed by atoms with Gasteiger partial charge >= 0.3 is 0 Å². The molecule has 2 atom stereocenters. The molecule has 4 nitrogen and oxygen atoms in total. The first-order chi connectivity index (χ1) is 10.6. The summed E-state index contributed by atoms with van der Waals surface area (Å²) in [4.78, 5) is 13.2. The van der Waals surface area contributed by atoms with Crippen LogP contribution >= 0.6 is 11.3 Å². The lowest BCUT2D eigenvalue weighted by molar-refractivity contribution is -0.120. The largest absolute Gasteiger partial charge is 0.497 e. The van der Waals surface area contributed by atoms with Crippen LogP contribution in [0.3, 0.4) is 0 Å². The van der Waals surface area contributed by atoms with Crippen molar-refractivity contribution in [2.75, 3.05) is 7.11 Å². The zero-order chi connectivity index (χ0) is 15.9. The first-order valence-electron chi connectivity index (χ1n) is 6.90. The molecule has 0 aliphatic rings. The molecule has 0 spiro atoms. The van der Waals surface area contributed by atoms with Crippen LogP contribution in [0.15, 0.2) is 41.8 Å². The van der Waals surface area contributed by atoms with E-state index in [0.29, 0.717) is 12.3 Å². The number of ether oxygens (including phenoxy) is 1. The van der Waals surface area contributed by atoms with E-state index in [1.807, 2.05) is 41.8 Å².